The number of carbonyl (C=O) groups excluding carboxylic acids is 1. The molecule has 1 aromatic rings. The molecule has 0 aliphatic rings. The zero-order chi connectivity index (χ0) is 12.3. The van der Waals surface area contributed by atoms with E-state index in [1.165, 1.54) is 19.1 Å². The molecule has 0 bridgehead atoms. The molecule has 0 fully saturated rings. The lowest BCUT2D eigenvalue weighted by Gasteiger charge is -2.13. The van der Waals surface area contributed by atoms with Gasteiger partial charge in [-0.25, -0.2) is 8.78 Å². The summed E-state index contributed by atoms with van der Waals surface area (Å²) >= 11 is 0. The fourth-order valence-electron chi connectivity index (χ4n) is 1.44. The Labute approximate surface area is 92.2 Å². The van der Waals surface area contributed by atoms with Gasteiger partial charge in [0.1, 0.15) is 5.75 Å². The van der Waals surface area contributed by atoms with Crippen LogP contribution in [0.5, 0.6) is 5.75 Å². The number of anilines is 1. The van der Waals surface area contributed by atoms with Gasteiger partial charge < -0.3 is 10.5 Å². The average molecular weight is 229 g/mol. The van der Waals surface area contributed by atoms with Crippen LogP contribution in [0, 0.1) is 0 Å². The van der Waals surface area contributed by atoms with E-state index in [0.29, 0.717) is 6.61 Å². The number of Topliss-reactive ketones (excluding diaryl/α,β-unsaturated/α-hetero) is 1. The number of hydrogen-bond donors (Lipinski definition) is 1. The van der Waals surface area contributed by atoms with Crippen LogP contribution in [0.25, 0.3) is 0 Å². The largest absolute Gasteiger partial charge is 0.493 e. The number of ketones is 1. The molecule has 0 heterocycles. The van der Waals surface area contributed by atoms with Crippen LogP contribution in [-0.4, -0.2) is 12.4 Å². The maximum absolute atomic E-state index is 12.6. The molecule has 3 nitrogen and oxygen atoms in total. The number of nitrogen functional groups attached to an aromatic ring is 1. The van der Waals surface area contributed by atoms with Gasteiger partial charge in [-0.2, -0.15) is 0 Å². The Morgan fingerprint density at radius 3 is 2.56 bits per heavy atom. The molecule has 88 valence electrons. The number of halogens is 2. The number of carbonyl (C=O) groups is 1. The van der Waals surface area contributed by atoms with Crippen LogP contribution in [0.2, 0.25) is 0 Å². The summed E-state index contributed by atoms with van der Waals surface area (Å²) in [6.07, 6.45) is -2.70. The summed E-state index contributed by atoms with van der Waals surface area (Å²) in [4.78, 5) is 11.3. The van der Waals surface area contributed by atoms with Crippen molar-refractivity contribution >= 4 is 11.5 Å². The molecule has 0 spiro atoms. The van der Waals surface area contributed by atoms with E-state index >= 15 is 0 Å². The Morgan fingerprint density at radius 2 is 2.12 bits per heavy atom. The lowest BCUT2D eigenvalue weighted by molar-refractivity contribution is 0.101. The zero-order valence-electron chi connectivity index (χ0n) is 9.09. The molecule has 16 heavy (non-hydrogen) atoms. The van der Waals surface area contributed by atoms with Crippen LogP contribution < -0.4 is 10.5 Å². The molecular weight excluding hydrogens is 216 g/mol. The molecule has 0 amide bonds. The minimum Gasteiger partial charge on any atom is -0.493 e. The predicted octanol–water partition coefficient (Wildman–Crippen LogP) is 2.81. The van der Waals surface area contributed by atoms with Crippen LogP contribution >= 0.6 is 0 Å². The fourth-order valence-corrected chi connectivity index (χ4v) is 1.44. The molecule has 0 saturated carbocycles. The van der Waals surface area contributed by atoms with E-state index in [4.69, 9.17) is 10.5 Å². The molecule has 0 radical (unpaired) electrons. The van der Waals surface area contributed by atoms with Gasteiger partial charge >= 0.3 is 0 Å². The maximum atomic E-state index is 12.6. The normalized spacial score (nSPS) is 10.6. The summed E-state index contributed by atoms with van der Waals surface area (Å²) in [6.45, 7) is 3.35. The average Bonchev–Trinajstić information content (AvgIpc) is 2.17. The van der Waals surface area contributed by atoms with Crippen LogP contribution in [0.15, 0.2) is 12.1 Å². The van der Waals surface area contributed by atoms with Gasteiger partial charge in [0, 0.05) is 5.56 Å². The SMILES string of the molecule is CCOc1ccc(C(F)F)c(N)c1C(C)=O. The number of ether oxygens (including phenoxy) is 1. The smallest absolute Gasteiger partial charge is 0.265 e. The van der Waals surface area contributed by atoms with Crippen molar-refractivity contribution in [1.29, 1.82) is 0 Å². The molecular formula is C11H13F2NO2. The molecule has 2 N–H and O–H groups in total. The quantitative estimate of drug-likeness (QED) is 0.638. The molecule has 0 saturated heterocycles. The minimum atomic E-state index is -2.70. The van der Waals surface area contributed by atoms with E-state index in [9.17, 15) is 13.6 Å². The predicted molar refractivity (Wildman–Crippen MR) is 57.0 cm³/mol. The highest BCUT2D eigenvalue weighted by Gasteiger charge is 2.20. The Hall–Kier alpha value is -1.65. The van der Waals surface area contributed by atoms with Gasteiger partial charge in [-0.15, -0.1) is 0 Å². The minimum absolute atomic E-state index is 0.0275. The second-order valence-electron chi connectivity index (χ2n) is 3.23. The standard InChI is InChI=1S/C11H13F2NO2/c1-3-16-8-5-4-7(11(12)13)10(14)9(8)6(2)15/h4-5,11H,3,14H2,1-2H3. The van der Waals surface area contributed by atoms with E-state index in [1.807, 2.05) is 0 Å². The third-order valence-corrected chi connectivity index (χ3v) is 2.13. The Morgan fingerprint density at radius 1 is 1.50 bits per heavy atom. The van der Waals surface area contributed by atoms with Crippen molar-refractivity contribution in [2.75, 3.05) is 12.3 Å². The van der Waals surface area contributed by atoms with Gasteiger partial charge in [0.15, 0.2) is 5.78 Å². The third kappa shape index (κ3) is 2.29. The first-order chi connectivity index (χ1) is 7.49. The van der Waals surface area contributed by atoms with Gasteiger partial charge in [0.25, 0.3) is 6.43 Å². The molecule has 5 heteroatoms. The number of benzene rings is 1. The zero-order valence-corrected chi connectivity index (χ0v) is 9.09. The Bertz CT molecular complexity index is 405. The fraction of sp³-hybridized carbons (Fsp3) is 0.364. The van der Waals surface area contributed by atoms with E-state index in [2.05, 4.69) is 0 Å². The monoisotopic (exact) mass is 229 g/mol. The topological polar surface area (TPSA) is 52.3 Å². The van der Waals surface area contributed by atoms with Crippen molar-refractivity contribution in [2.24, 2.45) is 0 Å². The molecule has 0 aliphatic carbocycles. The van der Waals surface area contributed by atoms with Crippen molar-refractivity contribution in [3.05, 3.63) is 23.3 Å². The molecule has 0 aliphatic heterocycles. The van der Waals surface area contributed by atoms with Crippen molar-refractivity contribution in [2.45, 2.75) is 20.3 Å². The lowest BCUT2D eigenvalue weighted by atomic mass is 10.0. The first kappa shape index (κ1) is 12.4. The highest BCUT2D eigenvalue weighted by atomic mass is 19.3. The highest BCUT2D eigenvalue weighted by Crippen LogP contribution is 2.33. The summed E-state index contributed by atoms with van der Waals surface area (Å²) in [5.41, 5.74) is 5.02. The van der Waals surface area contributed by atoms with Crippen LogP contribution in [-0.2, 0) is 0 Å². The molecule has 0 aromatic heterocycles. The molecule has 0 atom stereocenters. The van der Waals surface area contributed by atoms with Crippen LogP contribution in [0.1, 0.15) is 36.2 Å². The molecule has 0 unspecified atom stereocenters. The second kappa shape index (κ2) is 4.92. The summed E-state index contributed by atoms with van der Waals surface area (Å²) in [5.74, 6) is -0.139. The van der Waals surface area contributed by atoms with E-state index in [0.717, 1.165) is 0 Å². The molecule has 1 aromatic carbocycles. The first-order valence-corrected chi connectivity index (χ1v) is 4.83. The van der Waals surface area contributed by atoms with Crippen molar-refractivity contribution < 1.29 is 18.3 Å². The summed E-state index contributed by atoms with van der Waals surface area (Å²) in [6, 6.07) is 2.52. The van der Waals surface area contributed by atoms with E-state index in [1.54, 1.807) is 6.92 Å². The lowest BCUT2D eigenvalue weighted by Crippen LogP contribution is -2.07. The highest BCUT2D eigenvalue weighted by molar-refractivity contribution is 6.02. The second-order valence-corrected chi connectivity index (χ2v) is 3.23. The van der Waals surface area contributed by atoms with E-state index < -0.39 is 6.43 Å². The number of alkyl halides is 2. The van der Waals surface area contributed by atoms with Crippen LogP contribution in [0.4, 0.5) is 14.5 Å². The summed E-state index contributed by atoms with van der Waals surface area (Å²) in [7, 11) is 0. The molecule has 1 rings (SSSR count). The first-order valence-electron chi connectivity index (χ1n) is 4.83. The number of rotatable bonds is 4. The Kier molecular flexibility index (Phi) is 3.82. The van der Waals surface area contributed by atoms with Gasteiger partial charge in [-0.3, -0.25) is 4.79 Å². The Balaban J connectivity index is 3.35. The summed E-state index contributed by atoms with van der Waals surface area (Å²) in [5, 5.41) is 0. The van der Waals surface area contributed by atoms with Gasteiger partial charge in [0.05, 0.1) is 17.9 Å². The number of nitrogens with two attached hydrogens (primary N) is 1. The number of hydrogen-bond acceptors (Lipinski definition) is 3. The third-order valence-electron chi connectivity index (χ3n) is 2.13. The summed E-state index contributed by atoms with van der Waals surface area (Å²) < 4.78 is 30.3. The van der Waals surface area contributed by atoms with Crippen molar-refractivity contribution in [3.63, 3.8) is 0 Å². The van der Waals surface area contributed by atoms with E-state index in [-0.39, 0.29) is 28.3 Å². The van der Waals surface area contributed by atoms with Crippen molar-refractivity contribution in [3.8, 4) is 5.75 Å². The van der Waals surface area contributed by atoms with Gasteiger partial charge in [-0.1, -0.05) is 0 Å². The van der Waals surface area contributed by atoms with Gasteiger partial charge in [0.2, 0.25) is 0 Å². The van der Waals surface area contributed by atoms with Gasteiger partial charge in [-0.05, 0) is 26.0 Å². The maximum Gasteiger partial charge on any atom is 0.265 e. The van der Waals surface area contributed by atoms with Crippen molar-refractivity contribution in [1.82, 2.24) is 0 Å². The van der Waals surface area contributed by atoms with Crippen LogP contribution in [0.3, 0.4) is 0 Å².